The van der Waals surface area contributed by atoms with Crippen LogP contribution in [0.25, 0.3) is 0 Å². The summed E-state index contributed by atoms with van der Waals surface area (Å²) < 4.78 is 11.2. The summed E-state index contributed by atoms with van der Waals surface area (Å²) in [5.74, 6) is 1.82. The minimum Gasteiger partial charge on any atom is -0.415 e. The van der Waals surface area contributed by atoms with E-state index in [1.54, 1.807) is 5.01 Å². The molecule has 1 fully saturated rings. The van der Waals surface area contributed by atoms with Gasteiger partial charge in [-0.05, 0) is 19.1 Å². The van der Waals surface area contributed by atoms with E-state index in [2.05, 4.69) is 20.2 Å². The third-order valence-electron chi connectivity index (χ3n) is 4.14. The molecule has 1 aromatic carbocycles. The number of aryl methyl sites for hydroxylation is 1. The molecular formula is C17H19N5O2. The quantitative estimate of drug-likeness (QED) is 0.839. The first kappa shape index (κ1) is 14.9. The van der Waals surface area contributed by atoms with E-state index in [9.17, 15) is 0 Å². The van der Waals surface area contributed by atoms with E-state index in [0.717, 1.165) is 30.2 Å². The van der Waals surface area contributed by atoms with Gasteiger partial charge in [-0.2, -0.15) is 0 Å². The number of hydrazone groups is 1. The van der Waals surface area contributed by atoms with Gasteiger partial charge in [-0.3, -0.25) is 5.01 Å². The molecule has 1 aromatic heterocycles. The van der Waals surface area contributed by atoms with Crippen LogP contribution in [0.2, 0.25) is 0 Å². The number of aromatic nitrogens is 2. The van der Waals surface area contributed by atoms with Crippen molar-refractivity contribution in [3.63, 3.8) is 0 Å². The standard InChI is InChI=1S/C17H19N5O2/c1-12-3-5-13(6-4-12)16-20-21(2)14-11-15(18-19-17(14)24-16)22-7-9-23-10-8-22/h3-6,11H,7-10H2,1-2H3. The predicted molar refractivity (Wildman–Crippen MR) is 91.8 cm³/mol. The van der Waals surface area contributed by atoms with Crippen molar-refractivity contribution in [1.82, 2.24) is 10.2 Å². The lowest BCUT2D eigenvalue weighted by molar-refractivity contribution is 0.122. The number of fused-ring (bicyclic) bond motifs is 1. The Morgan fingerprint density at radius 1 is 1.04 bits per heavy atom. The van der Waals surface area contributed by atoms with Crippen LogP contribution in [-0.4, -0.2) is 49.4 Å². The monoisotopic (exact) mass is 325 g/mol. The summed E-state index contributed by atoms with van der Waals surface area (Å²) in [6.07, 6.45) is 0. The zero-order valence-corrected chi connectivity index (χ0v) is 13.8. The Labute approximate surface area is 140 Å². The Bertz CT molecular complexity index is 769. The SMILES string of the molecule is Cc1ccc(C2=NN(C)c3cc(N4CCOCC4)nnc3O2)cc1. The lowest BCUT2D eigenvalue weighted by Crippen LogP contribution is -2.37. The molecule has 0 spiro atoms. The maximum absolute atomic E-state index is 5.86. The second-order valence-corrected chi connectivity index (χ2v) is 5.89. The maximum Gasteiger partial charge on any atom is 0.266 e. The van der Waals surface area contributed by atoms with Gasteiger partial charge in [0.15, 0.2) is 5.82 Å². The fourth-order valence-corrected chi connectivity index (χ4v) is 2.73. The molecule has 0 aliphatic carbocycles. The second kappa shape index (κ2) is 6.09. The molecular weight excluding hydrogens is 306 g/mol. The fraction of sp³-hybridized carbons (Fsp3) is 0.353. The number of nitrogens with zero attached hydrogens (tertiary/aromatic N) is 5. The van der Waals surface area contributed by atoms with Crippen molar-refractivity contribution in [2.75, 3.05) is 43.3 Å². The lowest BCUT2D eigenvalue weighted by atomic mass is 10.1. The topological polar surface area (TPSA) is 63.1 Å². The maximum atomic E-state index is 5.86. The first-order valence-electron chi connectivity index (χ1n) is 7.98. The smallest absolute Gasteiger partial charge is 0.266 e. The van der Waals surface area contributed by atoms with E-state index in [-0.39, 0.29) is 0 Å². The van der Waals surface area contributed by atoms with Crippen molar-refractivity contribution in [3.05, 3.63) is 41.5 Å². The molecule has 0 unspecified atom stereocenters. The zero-order chi connectivity index (χ0) is 16.5. The van der Waals surface area contributed by atoms with Crippen molar-refractivity contribution in [1.29, 1.82) is 0 Å². The van der Waals surface area contributed by atoms with Crippen LogP contribution in [0.4, 0.5) is 11.5 Å². The largest absolute Gasteiger partial charge is 0.415 e. The van der Waals surface area contributed by atoms with Crippen molar-refractivity contribution in [3.8, 4) is 5.88 Å². The Kier molecular flexibility index (Phi) is 3.78. The molecule has 2 aromatic rings. The first-order valence-corrected chi connectivity index (χ1v) is 7.98. The minimum atomic E-state index is 0.472. The summed E-state index contributed by atoms with van der Waals surface area (Å²) >= 11 is 0. The molecule has 7 nitrogen and oxygen atoms in total. The van der Waals surface area contributed by atoms with Gasteiger partial charge < -0.3 is 14.4 Å². The van der Waals surface area contributed by atoms with Gasteiger partial charge in [-0.25, -0.2) is 0 Å². The average Bonchev–Trinajstić information content (AvgIpc) is 2.63. The van der Waals surface area contributed by atoms with Gasteiger partial charge in [-0.15, -0.1) is 15.3 Å². The molecule has 2 aliphatic heterocycles. The Balaban J connectivity index is 1.62. The predicted octanol–water partition coefficient (Wildman–Crippen LogP) is 1.81. The van der Waals surface area contributed by atoms with Gasteiger partial charge in [0.2, 0.25) is 5.90 Å². The summed E-state index contributed by atoms with van der Waals surface area (Å²) in [5, 5.41) is 14.9. The van der Waals surface area contributed by atoms with Crippen LogP contribution in [0, 0.1) is 6.92 Å². The van der Waals surface area contributed by atoms with Gasteiger partial charge >= 0.3 is 0 Å². The minimum absolute atomic E-state index is 0.472. The highest BCUT2D eigenvalue weighted by atomic mass is 16.5. The summed E-state index contributed by atoms with van der Waals surface area (Å²) in [6, 6.07) is 10.0. The third-order valence-corrected chi connectivity index (χ3v) is 4.14. The van der Waals surface area contributed by atoms with Crippen LogP contribution in [0.15, 0.2) is 35.4 Å². The summed E-state index contributed by atoms with van der Waals surface area (Å²) in [5.41, 5.74) is 2.92. The number of benzene rings is 1. The molecule has 0 atom stereocenters. The van der Waals surface area contributed by atoms with E-state index in [4.69, 9.17) is 9.47 Å². The molecule has 0 saturated carbocycles. The molecule has 2 aliphatic rings. The third kappa shape index (κ3) is 2.78. The molecule has 124 valence electrons. The highest BCUT2D eigenvalue weighted by Crippen LogP contribution is 2.32. The van der Waals surface area contributed by atoms with E-state index in [0.29, 0.717) is 25.0 Å². The Morgan fingerprint density at radius 3 is 2.54 bits per heavy atom. The molecule has 4 rings (SSSR count). The summed E-state index contributed by atoms with van der Waals surface area (Å²) in [6.45, 7) is 5.10. The van der Waals surface area contributed by atoms with Crippen LogP contribution >= 0.6 is 0 Å². The van der Waals surface area contributed by atoms with Crippen molar-refractivity contribution in [2.45, 2.75) is 6.92 Å². The number of rotatable bonds is 2. The van der Waals surface area contributed by atoms with Gasteiger partial charge in [0.25, 0.3) is 5.88 Å². The van der Waals surface area contributed by atoms with Crippen molar-refractivity contribution < 1.29 is 9.47 Å². The van der Waals surface area contributed by atoms with Crippen LogP contribution in [0.5, 0.6) is 5.88 Å². The normalized spacial score (nSPS) is 17.2. The van der Waals surface area contributed by atoms with E-state index >= 15 is 0 Å². The van der Waals surface area contributed by atoms with Crippen LogP contribution in [0.3, 0.4) is 0 Å². The molecule has 0 amide bonds. The van der Waals surface area contributed by atoms with Crippen LogP contribution < -0.4 is 14.6 Å². The van der Waals surface area contributed by atoms with E-state index < -0.39 is 0 Å². The molecule has 24 heavy (non-hydrogen) atoms. The first-order chi connectivity index (χ1) is 11.7. The summed E-state index contributed by atoms with van der Waals surface area (Å²) in [7, 11) is 1.89. The Morgan fingerprint density at radius 2 is 1.79 bits per heavy atom. The number of ether oxygens (including phenoxy) is 2. The number of morpholine rings is 1. The van der Waals surface area contributed by atoms with Crippen molar-refractivity contribution in [2.24, 2.45) is 5.10 Å². The second-order valence-electron chi connectivity index (χ2n) is 5.89. The zero-order valence-electron chi connectivity index (χ0n) is 13.8. The van der Waals surface area contributed by atoms with Gasteiger partial charge in [0.05, 0.1) is 13.2 Å². The molecule has 3 heterocycles. The van der Waals surface area contributed by atoms with Crippen LogP contribution in [0.1, 0.15) is 11.1 Å². The van der Waals surface area contributed by atoms with Gasteiger partial charge in [0.1, 0.15) is 5.69 Å². The number of hydrogen-bond acceptors (Lipinski definition) is 7. The van der Waals surface area contributed by atoms with Gasteiger partial charge in [-0.1, -0.05) is 17.7 Å². The molecule has 7 heteroatoms. The lowest BCUT2D eigenvalue weighted by Gasteiger charge is -2.29. The Hall–Kier alpha value is -2.67. The molecule has 0 bridgehead atoms. The highest BCUT2D eigenvalue weighted by Gasteiger charge is 2.24. The fourth-order valence-electron chi connectivity index (χ4n) is 2.73. The van der Waals surface area contributed by atoms with Crippen LogP contribution in [-0.2, 0) is 4.74 Å². The average molecular weight is 325 g/mol. The van der Waals surface area contributed by atoms with E-state index in [1.807, 2.05) is 44.3 Å². The summed E-state index contributed by atoms with van der Waals surface area (Å²) in [4.78, 5) is 2.16. The number of anilines is 2. The van der Waals surface area contributed by atoms with Crippen molar-refractivity contribution >= 4 is 17.4 Å². The highest BCUT2D eigenvalue weighted by molar-refractivity contribution is 5.98. The molecule has 0 N–H and O–H groups in total. The number of hydrogen-bond donors (Lipinski definition) is 0. The van der Waals surface area contributed by atoms with E-state index in [1.165, 1.54) is 5.56 Å². The molecule has 1 saturated heterocycles. The van der Waals surface area contributed by atoms with Gasteiger partial charge in [0, 0.05) is 31.8 Å². The molecule has 0 radical (unpaired) electrons.